The number of rotatable bonds is 9. The van der Waals surface area contributed by atoms with E-state index in [0.717, 1.165) is 11.1 Å². The Bertz CT molecular complexity index is 1030. The number of aliphatic hydroxyl groups excluding tert-OH is 1. The third-order valence-electron chi connectivity index (χ3n) is 7.87. The summed E-state index contributed by atoms with van der Waals surface area (Å²) in [6, 6.07) is 16.7. The van der Waals surface area contributed by atoms with Gasteiger partial charge >= 0.3 is 12.1 Å². The van der Waals surface area contributed by atoms with Crippen LogP contribution in [0.1, 0.15) is 68.9 Å². The van der Waals surface area contributed by atoms with Gasteiger partial charge in [0.2, 0.25) is 8.32 Å². The number of carbonyl (C=O) groups is 2. The van der Waals surface area contributed by atoms with Crippen LogP contribution in [0.2, 0.25) is 16.6 Å². The molecule has 3 unspecified atom stereocenters. The zero-order chi connectivity index (χ0) is 28.0. The van der Waals surface area contributed by atoms with E-state index in [0.29, 0.717) is 28.7 Å². The molecule has 3 atom stereocenters. The highest BCUT2D eigenvalue weighted by Crippen LogP contribution is 2.45. The highest BCUT2D eigenvalue weighted by atomic mass is 28.4. The summed E-state index contributed by atoms with van der Waals surface area (Å²) in [6.07, 6.45) is -1.75. The van der Waals surface area contributed by atoms with Crippen LogP contribution in [-0.4, -0.2) is 62.8 Å². The lowest BCUT2D eigenvalue weighted by Gasteiger charge is -2.49. The molecule has 0 aliphatic carbocycles. The largest absolute Gasteiger partial charge is 0.465 e. The van der Waals surface area contributed by atoms with Crippen LogP contribution in [-0.2, 0) is 20.5 Å². The third-order valence-corrected chi connectivity index (χ3v) is 14.0. The Balaban J connectivity index is 1.92. The highest BCUT2D eigenvalue weighted by molar-refractivity contribution is 6.77. The SMILES string of the molecule is COC(=O)c1ccc(C2C(O)CN(C(=O)OCc3ccccc3)CC2O[Si](C(C)C)(C(C)C)C(C)C)cc1. The van der Waals surface area contributed by atoms with Gasteiger partial charge in [0.15, 0.2) is 0 Å². The second kappa shape index (κ2) is 12.9. The number of β-amino-alcohol motifs (C(OH)–C–C–N with tert-alkyl or cyclic N) is 1. The average molecular weight is 542 g/mol. The van der Waals surface area contributed by atoms with E-state index in [9.17, 15) is 14.7 Å². The normalized spacial score (nSPS) is 20.2. The Morgan fingerprint density at radius 2 is 1.50 bits per heavy atom. The van der Waals surface area contributed by atoms with Crippen LogP contribution in [0.4, 0.5) is 4.79 Å². The van der Waals surface area contributed by atoms with Gasteiger partial charge in [0, 0.05) is 12.5 Å². The van der Waals surface area contributed by atoms with E-state index in [1.807, 2.05) is 42.5 Å². The molecule has 0 bridgehead atoms. The number of methoxy groups -OCH3 is 1. The molecule has 38 heavy (non-hydrogen) atoms. The van der Waals surface area contributed by atoms with Crippen LogP contribution in [0.15, 0.2) is 54.6 Å². The lowest BCUT2D eigenvalue weighted by Crippen LogP contribution is -2.59. The van der Waals surface area contributed by atoms with Crippen molar-refractivity contribution in [2.75, 3.05) is 20.2 Å². The minimum atomic E-state index is -2.35. The van der Waals surface area contributed by atoms with E-state index in [-0.39, 0.29) is 19.1 Å². The third kappa shape index (κ3) is 6.47. The smallest absolute Gasteiger partial charge is 0.410 e. The van der Waals surface area contributed by atoms with Gasteiger partial charge in [0.1, 0.15) is 6.61 Å². The number of esters is 1. The fourth-order valence-corrected chi connectivity index (χ4v) is 11.7. The number of benzene rings is 2. The van der Waals surface area contributed by atoms with Gasteiger partial charge in [-0.3, -0.25) is 0 Å². The molecule has 208 valence electrons. The number of carbonyl (C=O) groups excluding carboxylic acids is 2. The van der Waals surface area contributed by atoms with Crippen LogP contribution >= 0.6 is 0 Å². The van der Waals surface area contributed by atoms with Gasteiger partial charge in [-0.15, -0.1) is 0 Å². The van der Waals surface area contributed by atoms with E-state index in [1.165, 1.54) is 7.11 Å². The first-order chi connectivity index (χ1) is 18.0. The van der Waals surface area contributed by atoms with Gasteiger partial charge in [-0.25, -0.2) is 9.59 Å². The predicted molar refractivity (Wildman–Crippen MR) is 151 cm³/mol. The molecule has 1 heterocycles. The van der Waals surface area contributed by atoms with E-state index in [2.05, 4.69) is 41.5 Å². The summed E-state index contributed by atoms with van der Waals surface area (Å²) in [5.41, 5.74) is 3.22. The Morgan fingerprint density at radius 1 is 0.921 bits per heavy atom. The number of hydrogen-bond acceptors (Lipinski definition) is 6. The molecule has 2 aromatic rings. The molecule has 0 radical (unpaired) electrons. The summed E-state index contributed by atoms with van der Waals surface area (Å²) in [6.45, 7) is 13.9. The zero-order valence-electron chi connectivity index (χ0n) is 23.7. The fraction of sp³-hybridized carbons (Fsp3) is 0.533. The van der Waals surface area contributed by atoms with E-state index < -0.39 is 32.6 Å². The lowest BCUT2D eigenvalue weighted by atomic mass is 9.84. The van der Waals surface area contributed by atoms with Crippen molar-refractivity contribution in [2.24, 2.45) is 0 Å². The molecule has 0 aromatic heterocycles. The number of aliphatic hydroxyl groups is 1. The molecule has 3 rings (SSSR count). The summed E-state index contributed by atoms with van der Waals surface area (Å²) in [5.74, 6) is -0.769. The fourth-order valence-electron chi connectivity index (χ4n) is 6.13. The molecule has 1 fully saturated rings. The van der Waals surface area contributed by atoms with Gasteiger partial charge < -0.3 is 23.9 Å². The van der Waals surface area contributed by atoms with Crippen molar-refractivity contribution in [3.05, 3.63) is 71.3 Å². The van der Waals surface area contributed by atoms with Crippen molar-refractivity contribution in [2.45, 2.75) is 82.9 Å². The maximum absolute atomic E-state index is 13.1. The molecule has 7 nitrogen and oxygen atoms in total. The lowest BCUT2D eigenvalue weighted by molar-refractivity contribution is -0.0255. The second-order valence-corrected chi connectivity index (χ2v) is 16.5. The van der Waals surface area contributed by atoms with E-state index in [1.54, 1.807) is 17.0 Å². The number of ether oxygens (including phenoxy) is 2. The monoisotopic (exact) mass is 541 g/mol. The summed E-state index contributed by atoms with van der Waals surface area (Å²) in [7, 11) is -1.00. The molecule has 1 saturated heterocycles. The number of likely N-dealkylation sites (tertiary alicyclic amines) is 1. The van der Waals surface area contributed by atoms with Crippen molar-refractivity contribution in [1.29, 1.82) is 0 Å². The first-order valence-corrected chi connectivity index (χ1v) is 15.6. The molecular formula is C30H43NO6Si. The quantitative estimate of drug-likeness (QED) is 0.304. The zero-order valence-corrected chi connectivity index (χ0v) is 24.7. The molecule has 0 saturated carbocycles. The first kappa shape index (κ1) is 29.9. The Kier molecular flexibility index (Phi) is 10.1. The summed E-state index contributed by atoms with van der Waals surface area (Å²) in [5, 5.41) is 11.4. The van der Waals surface area contributed by atoms with Crippen LogP contribution in [0.3, 0.4) is 0 Å². The minimum absolute atomic E-state index is 0.135. The maximum Gasteiger partial charge on any atom is 0.410 e. The predicted octanol–water partition coefficient (Wildman–Crippen LogP) is 6.13. The van der Waals surface area contributed by atoms with Crippen molar-refractivity contribution >= 4 is 20.4 Å². The van der Waals surface area contributed by atoms with Crippen molar-refractivity contribution in [3.8, 4) is 0 Å². The van der Waals surface area contributed by atoms with Crippen LogP contribution in [0.25, 0.3) is 0 Å². The van der Waals surface area contributed by atoms with Gasteiger partial charge in [-0.05, 0) is 39.9 Å². The van der Waals surface area contributed by atoms with Gasteiger partial charge in [-0.2, -0.15) is 0 Å². The van der Waals surface area contributed by atoms with E-state index >= 15 is 0 Å². The Hall–Kier alpha value is -2.68. The Morgan fingerprint density at radius 3 is 2.03 bits per heavy atom. The Labute approximate surface area is 228 Å². The molecule has 0 spiro atoms. The standard InChI is InChI=1S/C30H43NO6Si/c1-20(2)38(21(3)4,22(5)6)37-27-18-31(30(34)36-19-23-11-9-8-10-12-23)17-26(32)28(27)24-13-15-25(16-14-24)29(33)35-7/h8-16,20-22,26-28,32H,17-19H2,1-7H3. The second-order valence-electron chi connectivity index (χ2n) is 11.1. The first-order valence-electron chi connectivity index (χ1n) is 13.5. The van der Waals surface area contributed by atoms with Gasteiger partial charge in [-0.1, -0.05) is 84.0 Å². The molecule has 1 N–H and O–H groups in total. The van der Waals surface area contributed by atoms with Crippen molar-refractivity contribution in [1.82, 2.24) is 4.90 Å². The molecule has 1 amide bonds. The van der Waals surface area contributed by atoms with Crippen LogP contribution in [0, 0.1) is 0 Å². The molecule has 1 aliphatic rings. The molecule has 1 aliphatic heterocycles. The number of piperidine rings is 1. The topological polar surface area (TPSA) is 85.3 Å². The minimum Gasteiger partial charge on any atom is -0.465 e. The summed E-state index contributed by atoms with van der Waals surface area (Å²) >= 11 is 0. The highest BCUT2D eigenvalue weighted by Gasteiger charge is 2.50. The van der Waals surface area contributed by atoms with Crippen molar-refractivity contribution < 1.29 is 28.6 Å². The van der Waals surface area contributed by atoms with E-state index in [4.69, 9.17) is 13.9 Å². The average Bonchev–Trinajstić information content (AvgIpc) is 2.89. The van der Waals surface area contributed by atoms with Crippen LogP contribution < -0.4 is 0 Å². The number of amides is 1. The summed E-state index contributed by atoms with van der Waals surface area (Å²) < 4.78 is 17.6. The van der Waals surface area contributed by atoms with Gasteiger partial charge in [0.25, 0.3) is 0 Å². The number of hydrogen-bond donors (Lipinski definition) is 1. The molecule has 2 aromatic carbocycles. The van der Waals surface area contributed by atoms with Gasteiger partial charge in [0.05, 0.1) is 31.4 Å². The maximum atomic E-state index is 13.1. The van der Waals surface area contributed by atoms with Crippen molar-refractivity contribution in [3.63, 3.8) is 0 Å². The summed E-state index contributed by atoms with van der Waals surface area (Å²) in [4.78, 5) is 26.7. The number of nitrogens with zero attached hydrogens (tertiary/aromatic N) is 1. The molecule has 8 heteroatoms. The van der Waals surface area contributed by atoms with Crippen LogP contribution in [0.5, 0.6) is 0 Å². The molecular weight excluding hydrogens is 498 g/mol.